The monoisotopic (exact) mass is 591 g/mol. The van der Waals surface area contributed by atoms with Crippen molar-refractivity contribution < 1.29 is 23.9 Å². The maximum Gasteiger partial charge on any atom is 0.272 e. The number of benzene rings is 4. The van der Waals surface area contributed by atoms with Crippen LogP contribution in [0.4, 0.5) is 5.69 Å². The lowest BCUT2D eigenvalue weighted by atomic mass is 10.1. The van der Waals surface area contributed by atoms with Gasteiger partial charge in [-0.2, -0.15) is 0 Å². The van der Waals surface area contributed by atoms with Crippen LogP contribution in [0.1, 0.15) is 26.3 Å². The van der Waals surface area contributed by atoms with Crippen molar-refractivity contribution >= 4 is 52.0 Å². The largest absolute Gasteiger partial charge is 0.493 e. The van der Waals surface area contributed by atoms with Gasteiger partial charge in [-0.15, -0.1) is 11.8 Å². The van der Waals surface area contributed by atoms with Crippen LogP contribution in [-0.4, -0.2) is 42.6 Å². The first-order chi connectivity index (χ1) is 20.9. The smallest absolute Gasteiger partial charge is 0.272 e. The summed E-state index contributed by atoms with van der Waals surface area (Å²) in [5.41, 5.74) is 3.21. The summed E-state index contributed by atoms with van der Waals surface area (Å²) < 4.78 is 10.6. The third-order valence-electron chi connectivity index (χ3n) is 6.62. The Labute approximate surface area is 253 Å². The van der Waals surface area contributed by atoms with Gasteiger partial charge in [0, 0.05) is 44.4 Å². The Morgan fingerprint density at radius 1 is 0.814 bits per heavy atom. The number of hydrogen-bond donors (Lipinski definition) is 3. The fourth-order valence-electron chi connectivity index (χ4n) is 4.42. The number of H-pyrrole nitrogens is 1. The summed E-state index contributed by atoms with van der Waals surface area (Å²) in [4.78, 5) is 43.4. The zero-order valence-corrected chi connectivity index (χ0v) is 24.4. The number of Topliss-reactive ketones (excluding diaryl/α,β-unsaturated/α-hetero) is 1. The lowest BCUT2D eigenvalue weighted by Crippen LogP contribution is -2.30. The van der Waals surface area contributed by atoms with Crippen molar-refractivity contribution in [3.63, 3.8) is 0 Å². The summed E-state index contributed by atoms with van der Waals surface area (Å²) in [6, 6.07) is 28.7. The number of aromatic nitrogens is 1. The van der Waals surface area contributed by atoms with Gasteiger partial charge in [-0.25, -0.2) is 0 Å². The van der Waals surface area contributed by atoms with Gasteiger partial charge in [0.15, 0.2) is 17.3 Å². The first-order valence-electron chi connectivity index (χ1n) is 13.4. The number of amides is 2. The summed E-state index contributed by atoms with van der Waals surface area (Å²) in [6.07, 6.45) is 3.44. The van der Waals surface area contributed by atoms with Crippen LogP contribution >= 0.6 is 11.8 Å². The number of ether oxygens (including phenoxy) is 2. The van der Waals surface area contributed by atoms with Crippen molar-refractivity contribution in [2.75, 3.05) is 25.3 Å². The summed E-state index contributed by atoms with van der Waals surface area (Å²) in [5.74, 6) is 0.254. The van der Waals surface area contributed by atoms with Crippen LogP contribution in [0.5, 0.6) is 11.5 Å². The predicted octanol–water partition coefficient (Wildman–Crippen LogP) is 6.57. The van der Waals surface area contributed by atoms with Crippen molar-refractivity contribution in [3.8, 4) is 11.5 Å². The number of nitrogens with one attached hydrogen (secondary N) is 3. The lowest BCUT2D eigenvalue weighted by molar-refractivity contribution is -0.113. The molecule has 2 amide bonds. The highest BCUT2D eigenvalue weighted by atomic mass is 32.2. The number of aromatic amines is 1. The molecule has 1 heterocycles. The van der Waals surface area contributed by atoms with E-state index in [9.17, 15) is 14.4 Å². The standard InChI is InChI=1S/C34H29N3O5S/c1-41-31-16-15-23(18-32(31)42-2)30(38)21-43-26-12-8-11-25(19-26)36-34(40)29(37-33(39)22-9-4-3-5-10-22)17-24-20-35-28-14-7-6-13-27(24)28/h3-20,35H,21H2,1-2H3,(H,36,40)(H,37,39)/b29-17-. The third kappa shape index (κ3) is 7.14. The van der Waals surface area contributed by atoms with Crippen molar-refractivity contribution in [1.82, 2.24) is 10.3 Å². The van der Waals surface area contributed by atoms with E-state index in [1.165, 1.54) is 18.9 Å². The van der Waals surface area contributed by atoms with Crippen LogP contribution in [0.2, 0.25) is 0 Å². The minimum atomic E-state index is -0.488. The Morgan fingerprint density at radius 3 is 2.37 bits per heavy atom. The van der Waals surface area contributed by atoms with E-state index < -0.39 is 11.8 Å². The van der Waals surface area contributed by atoms with Crippen molar-refractivity contribution in [2.24, 2.45) is 0 Å². The van der Waals surface area contributed by atoms with Crippen LogP contribution in [0.3, 0.4) is 0 Å². The second-order valence-corrected chi connectivity index (χ2v) is 10.5. The van der Waals surface area contributed by atoms with Gasteiger partial charge in [-0.3, -0.25) is 14.4 Å². The molecular weight excluding hydrogens is 562 g/mol. The van der Waals surface area contributed by atoms with E-state index in [-0.39, 0.29) is 17.2 Å². The normalized spacial score (nSPS) is 11.2. The molecule has 0 aliphatic rings. The molecule has 0 aliphatic heterocycles. The summed E-state index contributed by atoms with van der Waals surface area (Å²) >= 11 is 1.35. The molecule has 0 atom stereocenters. The molecule has 0 unspecified atom stereocenters. The second kappa shape index (κ2) is 13.6. The molecule has 0 spiro atoms. The van der Waals surface area contributed by atoms with Crippen LogP contribution in [0, 0.1) is 0 Å². The number of hydrogen-bond acceptors (Lipinski definition) is 6. The summed E-state index contributed by atoms with van der Waals surface area (Å²) in [5, 5.41) is 6.58. The number of methoxy groups -OCH3 is 2. The topological polar surface area (TPSA) is 110 Å². The van der Waals surface area contributed by atoms with E-state index in [4.69, 9.17) is 9.47 Å². The van der Waals surface area contributed by atoms with Gasteiger partial charge in [-0.1, -0.05) is 42.5 Å². The number of carbonyl (C=O) groups excluding carboxylic acids is 3. The van der Waals surface area contributed by atoms with E-state index in [1.54, 1.807) is 80.0 Å². The van der Waals surface area contributed by atoms with Crippen LogP contribution in [0.25, 0.3) is 17.0 Å². The molecular formula is C34H29N3O5S. The van der Waals surface area contributed by atoms with E-state index in [2.05, 4.69) is 15.6 Å². The molecule has 0 bridgehead atoms. The first-order valence-corrected chi connectivity index (χ1v) is 14.4. The third-order valence-corrected chi connectivity index (χ3v) is 7.61. The summed E-state index contributed by atoms with van der Waals surface area (Å²) in [6.45, 7) is 0. The molecule has 0 fully saturated rings. The first kappa shape index (κ1) is 29.2. The van der Waals surface area contributed by atoms with Gasteiger partial charge in [0.05, 0.1) is 20.0 Å². The Kier molecular flexibility index (Phi) is 9.23. The minimum absolute atomic E-state index is 0.0760. The quantitative estimate of drug-likeness (QED) is 0.0911. The van der Waals surface area contributed by atoms with Crippen molar-refractivity contribution in [3.05, 3.63) is 126 Å². The number of thioether (sulfide) groups is 1. The highest BCUT2D eigenvalue weighted by Crippen LogP contribution is 2.29. The summed E-state index contributed by atoms with van der Waals surface area (Å²) in [7, 11) is 3.06. The number of carbonyl (C=O) groups is 3. The van der Waals surface area contributed by atoms with E-state index in [0.717, 1.165) is 21.4 Å². The Morgan fingerprint density at radius 2 is 1.58 bits per heavy atom. The molecule has 3 N–H and O–H groups in total. The number of fused-ring (bicyclic) bond motifs is 1. The maximum absolute atomic E-state index is 13.5. The molecule has 1 aromatic heterocycles. The van der Waals surface area contributed by atoms with Crippen molar-refractivity contribution in [1.29, 1.82) is 0 Å². The molecule has 4 aromatic carbocycles. The highest BCUT2D eigenvalue weighted by Gasteiger charge is 2.17. The van der Waals surface area contributed by atoms with Gasteiger partial charge in [0.1, 0.15) is 5.70 Å². The average Bonchev–Trinajstić information content (AvgIpc) is 3.46. The zero-order chi connectivity index (χ0) is 30.2. The number of anilines is 1. The number of rotatable bonds is 11. The molecule has 5 aromatic rings. The second-order valence-electron chi connectivity index (χ2n) is 9.43. The van der Waals surface area contributed by atoms with Gasteiger partial charge >= 0.3 is 0 Å². The van der Waals surface area contributed by atoms with E-state index >= 15 is 0 Å². The molecule has 0 aliphatic carbocycles. The maximum atomic E-state index is 13.5. The van der Waals surface area contributed by atoms with Crippen LogP contribution in [0.15, 0.2) is 114 Å². The Bertz CT molecular complexity index is 1810. The number of para-hydroxylation sites is 1. The number of ketones is 1. The highest BCUT2D eigenvalue weighted by molar-refractivity contribution is 8.00. The molecule has 5 rings (SSSR count). The molecule has 216 valence electrons. The van der Waals surface area contributed by atoms with Crippen molar-refractivity contribution in [2.45, 2.75) is 4.90 Å². The Hall–Kier alpha value is -5.28. The van der Waals surface area contributed by atoms with Gasteiger partial charge in [0.25, 0.3) is 11.8 Å². The fourth-order valence-corrected chi connectivity index (χ4v) is 5.26. The minimum Gasteiger partial charge on any atom is -0.493 e. The van der Waals surface area contributed by atoms with Gasteiger partial charge in [0.2, 0.25) is 0 Å². The lowest BCUT2D eigenvalue weighted by Gasteiger charge is -2.12. The van der Waals surface area contributed by atoms with Crippen LogP contribution in [-0.2, 0) is 4.79 Å². The molecule has 0 saturated heterocycles. The van der Waals surface area contributed by atoms with Gasteiger partial charge < -0.3 is 25.1 Å². The van der Waals surface area contributed by atoms with Gasteiger partial charge in [-0.05, 0) is 60.7 Å². The van der Waals surface area contributed by atoms with E-state index in [0.29, 0.717) is 28.3 Å². The SMILES string of the molecule is COc1ccc(C(=O)CSc2cccc(NC(=O)/C(=C/c3c[nH]c4ccccc34)NC(=O)c3ccccc3)c2)cc1OC. The molecule has 9 heteroatoms. The van der Waals surface area contributed by atoms with Crippen LogP contribution < -0.4 is 20.1 Å². The fraction of sp³-hybridized carbons (Fsp3) is 0.0882. The Balaban J connectivity index is 1.32. The molecule has 0 radical (unpaired) electrons. The molecule has 43 heavy (non-hydrogen) atoms. The predicted molar refractivity (Wildman–Crippen MR) is 170 cm³/mol. The molecule has 0 saturated carbocycles. The molecule has 8 nitrogen and oxygen atoms in total. The zero-order valence-electron chi connectivity index (χ0n) is 23.5. The van der Waals surface area contributed by atoms with E-state index in [1.807, 2.05) is 36.4 Å². The average molecular weight is 592 g/mol.